The molecule has 2 aromatic heterocycles. The molecule has 29 heavy (non-hydrogen) atoms. The lowest BCUT2D eigenvalue weighted by Gasteiger charge is -2.18. The summed E-state index contributed by atoms with van der Waals surface area (Å²) in [6.45, 7) is 0.245. The van der Waals surface area contributed by atoms with Crippen LogP contribution in [0.1, 0.15) is 10.4 Å². The number of hydrogen-bond donors (Lipinski definition) is 0. The molecule has 4 aromatic rings. The summed E-state index contributed by atoms with van der Waals surface area (Å²) in [7, 11) is 1.97. The van der Waals surface area contributed by atoms with Gasteiger partial charge >= 0.3 is 0 Å². The third-order valence-corrected chi connectivity index (χ3v) is 5.77. The quantitative estimate of drug-likeness (QED) is 0.449. The van der Waals surface area contributed by atoms with Crippen LogP contribution in [0.4, 0.5) is 15.9 Å². The molecule has 0 bridgehead atoms. The fourth-order valence-electron chi connectivity index (χ4n) is 3.15. The van der Waals surface area contributed by atoms with Gasteiger partial charge in [-0.3, -0.25) is 0 Å². The molecule has 0 unspecified atom stereocenters. The summed E-state index contributed by atoms with van der Waals surface area (Å²) in [5.41, 5.74) is 2.77. The highest BCUT2D eigenvalue weighted by Crippen LogP contribution is 2.39. The van der Waals surface area contributed by atoms with Crippen molar-refractivity contribution in [2.24, 2.45) is 0 Å². The van der Waals surface area contributed by atoms with Crippen LogP contribution in [0.3, 0.4) is 0 Å². The van der Waals surface area contributed by atoms with Crippen LogP contribution in [-0.2, 0) is 0 Å². The van der Waals surface area contributed by atoms with Crippen LogP contribution >= 0.6 is 11.3 Å². The van der Waals surface area contributed by atoms with Gasteiger partial charge < -0.3 is 14.4 Å². The van der Waals surface area contributed by atoms with E-state index in [-0.39, 0.29) is 12.6 Å². The summed E-state index contributed by atoms with van der Waals surface area (Å²) in [6, 6.07) is 14.2. The van der Waals surface area contributed by atoms with Crippen molar-refractivity contribution >= 4 is 45.2 Å². The zero-order valence-corrected chi connectivity index (χ0v) is 16.3. The van der Waals surface area contributed by atoms with E-state index in [1.807, 2.05) is 48.4 Å². The van der Waals surface area contributed by atoms with E-state index in [2.05, 4.69) is 9.97 Å². The molecule has 144 valence electrons. The molecule has 0 saturated carbocycles. The fourth-order valence-corrected chi connectivity index (χ4v) is 4.19. The summed E-state index contributed by atoms with van der Waals surface area (Å²) in [5.74, 6) is 2.06. The third kappa shape index (κ3) is 3.40. The van der Waals surface area contributed by atoms with Crippen molar-refractivity contribution in [3.05, 3.63) is 71.1 Å². The van der Waals surface area contributed by atoms with Crippen molar-refractivity contribution in [1.82, 2.24) is 9.97 Å². The number of rotatable bonds is 4. The zero-order valence-electron chi connectivity index (χ0n) is 15.5. The molecule has 5 rings (SSSR count). The Morgan fingerprint density at radius 2 is 1.83 bits per heavy atom. The Hall–Kier alpha value is -3.45. The van der Waals surface area contributed by atoms with Gasteiger partial charge in [0.2, 0.25) is 6.79 Å². The van der Waals surface area contributed by atoms with E-state index in [0.717, 1.165) is 43.7 Å². The van der Waals surface area contributed by atoms with Crippen molar-refractivity contribution in [2.75, 3.05) is 18.7 Å². The SMILES string of the molecule is CN(c1ccc2c(c1)OCO2)c1ncnc2cc(C=Cc3ccc(F)cc3)sc12. The minimum Gasteiger partial charge on any atom is -0.454 e. The molecule has 0 radical (unpaired) electrons. The molecule has 3 heterocycles. The average Bonchev–Trinajstić information content (AvgIpc) is 3.38. The Bertz CT molecular complexity index is 1220. The average molecular weight is 405 g/mol. The van der Waals surface area contributed by atoms with Gasteiger partial charge in [-0.1, -0.05) is 18.2 Å². The summed E-state index contributed by atoms with van der Waals surface area (Å²) in [4.78, 5) is 12.0. The maximum Gasteiger partial charge on any atom is 0.231 e. The first kappa shape index (κ1) is 17.6. The molecular weight excluding hydrogens is 389 g/mol. The normalized spacial score (nSPS) is 12.8. The van der Waals surface area contributed by atoms with Crippen LogP contribution in [0.5, 0.6) is 11.5 Å². The molecule has 0 N–H and O–H groups in total. The van der Waals surface area contributed by atoms with Gasteiger partial charge in [0.05, 0.1) is 10.2 Å². The lowest BCUT2D eigenvalue weighted by molar-refractivity contribution is 0.174. The van der Waals surface area contributed by atoms with Gasteiger partial charge in [0, 0.05) is 23.7 Å². The molecule has 0 atom stereocenters. The number of aromatic nitrogens is 2. The first-order valence-electron chi connectivity index (χ1n) is 8.99. The summed E-state index contributed by atoms with van der Waals surface area (Å²) in [6.07, 6.45) is 5.53. The highest BCUT2D eigenvalue weighted by Gasteiger charge is 2.18. The molecule has 0 spiro atoms. The van der Waals surface area contributed by atoms with Crippen LogP contribution < -0.4 is 14.4 Å². The second-order valence-electron chi connectivity index (χ2n) is 6.54. The Morgan fingerprint density at radius 1 is 1.00 bits per heavy atom. The van der Waals surface area contributed by atoms with Crippen molar-refractivity contribution in [1.29, 1.82) is 0 Å². The smallest absolute Gasteiger partial charge is 0.231 e. The van der Waals surface area contributed by atoms with Crippen molar-refractivity contribution in [3.63, 3.8) is 0 Å². The Labute approximate surface area is 170 Å². The van der Waals surface area contributed by atoms with Crippen molar-refractivity contribution < 1.29 is 13.9 Å². The third-order valence-electron chi connectivity index (χ3n) is 4.68. The van der Waals surface area contributed by atoms with Gasteiger partial charge in [-0.05, 0) is 42.0 Å². The van der Waals surface area contributed by atoms with Crippen molar-refractivity contribution in [3.8, 4) is 11.5 Å². The second kappa shape index (κ2) is 7.18. The number of nitrogens with zero attached hydrogens (tertiary/aromatic N) is 3. The predicted octanol–water partition coefficient (Wildman–Crippen LogP) is 5.50. The van der Waals surface area contributed by atoms with Gasteiger partial charge in [0.15, 0.2) is 17.3 Å². The molecule has 5 nitrogen and oxygen atoms in total. The number of hydrogen-bond acceptors (Lipinski definition) is 6. The minimum absolute atomic E-state index is 0.240. The second-order valence-corrected chi connectivity index (χ2v) is 7.63. The molecule has 0 amide bonds. The number of thiophene rings is 1. The van der Waals surface area contributed by atoms with Crippen LogP contribution in [0.2, 0.25) is 0 Å². The van der Waals surface area contributed by atoms with Gasteiger partial charge in [-0.15, -0.1) is 11.3 Å². The van der Waals surface area contributed by atoms with Gasteiger partial charge in [0.1, 0.15) is 12.1 Å². The lowest BCUT2D eigenvalue weighted by atomic mass is 10.2. The van der Waals surface area contributed by atoms with Crippen LogP contribution in [0, 0.1) is 5.82 Å². The Morgan fingerprint density at radius 3 is 2.69 bits per heavy atom. The highest BCUT2D eigenvalue weighted by molar-refractivity contribution is 7.20. The summed E-state index contributed by atoms with van der Waals surface area (Å²) < 4.78 is 24.9. The monoisotopic (exact) mass is 405 g/mol. The van der Waals surface area contributed by atoms with Gasteiger partial charge in [-0.25, -0.2) is 14.4 Å². The lowest BCUT2D eigenvalue weighted by Crippen LogP contribution is -2.11. The van der Waals surface area contributed by atoms with E-state index in [1.165, 1.54) is 12.1 Å². The first-order chi connectivity index (χ1) is 14.2. The molecule has 1 aliphatic heterocycles. The fraction of sp³-hybridized carbons (Fsp3) is 0.0909. The maximum absolute atomic E-state index is 13.1. The molecule has 0 aliphatic carbocycles. The Kier molecular flexibility index (Phi) is 4.37. The van der Waals surface area contributed by atoms with Crippen molar-refractivity contribution in [2.45, 2.75) is 0 Å². The molecule has 2 aromatic carbocycles. The summed E-state index contributed by atoms with van der Waals surface area (Å²) in [5, 5.41) is 0. The van der Waals surface area contributed by atoms with E-state index in [9.17, 15) is 4.39 Å². The molecule has 0 fully saturated rings. The first-order valence-corrected chi connectivity index (χ1v) is 9.80. The number of halogens is 1. The minimum atomic E-state index is -0.240. The number of anilines is 2. The predicted molar refractivity (Wildman–Crippen MR) is 113 cm³/mol. The molecule has 1 aliphatic rings. The van der Waals surface area contributed by atoms with Gasteiger partial charge in [-0.2, -0.15) is 0 Å². The van der Waals surface area contributed by atoms with Crippen LogP contribution in [0.15, 0.2) is 54.9 Å². The zero-order chi connectivity index (χ0) is 19.8. The van der Waals surface area contributed by atoms with E-state index in [1.54, 1.807) is 29.8 Å². The number of ether oxygens (including phenoxy) is 2. The van der Waals surface area contributed by atoms with E-state index >= 15 is 0 Å². The largest absolute Gasteiger partial charge is 0.454 e. The van der Waals surface area contributed by atoms with E-state index in [0.29, 0.717) is 0 Å². The van der Waals surface area contributed by atoms with E-state index in [4.69, 9.17) is 9.47 Å². The highest BCUT2D eigenvalue weighted by atomic mass is 32.1. The number of fused-ring (bicyclic) bond motifs is 2. The van der Waals surface area contributed by atoms with Gasteiger partial charge in [0.25, 0.3) is 0 Å². The summed E-state index contributed by atoms with van der Waals surface area (Å²) >= 11 is 1.61. The molecular formula is C22H16FN3O2S. The maximum atomic E-state index is 13.1. The Balaban J connectivity index is 1.48. The van der Waals surface area contributed by atoms with E-state index < -0.39 is 0 Å². The van der Waals surface area contributed by atoms with Crippen LogP contribution in [0.25, 0.3) is 22.4 Å². The van der Waals surface area contributed by atoms with Crippen LogP contribution in [-0.4, -0.2) is 23.8 Å². The molecule has 7 heteroatoms. The topological polar surface area (TPSA) is 47.5 Å². The standard InChI is InChI=1S/C22H16FN3O2S/c1-26(16-7-9-19-20(10-16)28-13-27-19)22-21-18(24-12-25-22)11-17(29-21)8-4-14-2-5-15(23)6-3-14/h2-12H,13H2,1H3. The number of benzene rings is 2. The molecule has 0 saturated heterocycles.